The molecule has 3 aromatic rings. The molecule has 1 aromatic heterocycles. The lowest BCUT2D eigenvalue weighted by Gasteiger charge is -2.22. The summed E-state index contributed by atoms with van der Waals surface area (Å²) in [6.45, 7) is 8.68. The van der Waals surface area contributed by atoms with Crippen molar-refractivity contribution < 1.29 is 9.59 Å². The zero-order valence-corrected chi connectivity index (χ0v) is 21.5. The summed E-state index contributed by atoms with van der Waals surface area (Å²) < 4.78 is 2.91. The number of aryl methyl sites for hydroxylation is 1. The van der Waals surface area contributed by atoms with E-state index in [2.05, 4.69) is 36.8 Å². The number of carbonyl (C=O) groups is 2. The van der Waals surface area contributed by atoms with Crippen molar-refractivity contribution in [3.05, 3.63) is 70.0 Å². The van der Waals surface area contributed by atoms with Gasteiger partial charge in [0.05, 0.1) is 11.8 Å². The third-order valence-corrected chi connectivity index (χ3v) is 6.56. The van der Waals surface area contributed by atoms with Crippen LogP contribution in [0.1, 0.15) is 48.6 Å². The van der Waals surface area contributed by atoms with E-state index < -0.39 is 0 Å². The van der Waals surface area contributed by atoms with Crippen LogP contribution in [0, 0.1) is 12.8 Å². The van der Waals surface area contributed by atoms with Crippen LogP contribution in [0.5, 0.6) is 0 Å². The monoisotopic (exact) mass is 529 g/mol. The van der Waals surface area contributed by atoms with Crippen LogP contribution in [-0.4, -0.2) is 32.3 Å². The number of halogens is 1. The highest BCUT2D eigenvalue weighted by Crippen LogP contribution is 2.26. The normalized spacial score (nSPS) is 11.9. The summed E-state index contributed by atoms with van der Waals surface area (Å²) in [5.74, 6) is 0.720. The Morgan fingerprint density at radius 1 is 1.06 bits per heavy atom. The van der Waals surface area contributed by atoms with Gasteiger partial charge >= 0.3 is 0 Å². The second-order valence-corrected chi connectivity index (χ2v) is 9.85. The average Bonchev–Trinajstić information content (AvgIpc) is 3.20. The summed E-state index contributed by atoms with van der Waals surface area (Å²) >= 11 is 4.71. The van der Waals surface area contributed by atoms with Gasteiger partial charge in [0.2, 0.25) is 5.91 Å². The summed E-state index contributed by atoms with van der Waals surface area (Å²) in [5.41, 5.74) is 2.44. The number of carbonyl (C=O) groups excluding carboxylic acids is 2. The molecule has 0 saturated heterocycles. The number of rotatable bonds is 9. The third kappa shape index (κ3) is 6.68. The molecule has 174 valence electrons. The zero-order chi connectivity index (χ0) is 24.0. The molecule has 1 unspecified atom stereocenters. The Bertz CT molecular complexity index is 1100. The molecule has 0 bridgehead atoms. The predicted molar refractivity (Wildman–Crippen MR) is 135 cm³/mol. The summed E-state index contributed by atoms with van der Waals surface area (Å²) in [6, 6.07) is 14.6. The van der Waals surface area contributed by atoms with E-state index in [0.717, 1.165) is 15.7 Å². The van der Waals surface area contributed by atoms with Crippen LogP contribution in [0.15, 0.2) is 58.2 Å². The molecule has 0 radical (unpaired) electrons. The maximum atomic E-state index is 12.8. The summed E-state index contributed by atoms with van der Waals surface area (Å²) in [4.78, 5) is 25.2. The van der Waals surface area contributed by atoms with Gasteiger partial charge in [-0.2, -0.15) is 0 Å². The Balaban J connectivity index is 1.70. The van der Waals surface area contributed by atoms with Crippen LogP contribution in [0.25, 0.3) is 0 Å². The van der Waals surface area contributed by atoms with Gasteiger partial charge in [0.25, 0.3) is 5.91 Å². The smallest absolute Gasteiger partial charge is 0.251 e. The van der Waals surface area contributed by atoms with Crippen molar-refractivity contribution in [1.29, 1.82) is 0 Å². The average molecular weight is 530 g/mol. The number of thioether (sulfide) groups is 1. The van der Waals surface area contributed by atoms with Gasteiger partial charge in [-0.25, -0.2) is 0 Å². The van der Waals surface area contributed by atoms with Crippen LogP contribution in [0.3, 0.4) is 0 Å². The molecule has 9 heteroatoms. The highest BCUT2D eigenvalue weighted by Gasteiger charge is 2.26. The first-order valence-electron chi connectivity index (χ1n) is 10.8. The molecule has 1 heterocycles. The van der Waals surface area contributed by atoms with E-state index >= 15 is 0 Å². The van der Waals surface area contributed by atoms with Crippen molar-refractivity contribution >= 4 is 45.2 Å². The van der Waals surface area contributed by atoms with Crippen molar-refractivity contribution in [2.75, 3.05) is 11.1 Å². The van der Waals surface area contributed by atoms with E-state index in [4.69, 9.17) is 0 Å². The number of amides is 2. The number of benzene rings is 2. The van der Waals surface area contributed by atoms with Gasteiger partial charge in [0.1, 0.15) is 0 Å². The quantitative estimate of drug-likeness (QED) is 0.370. The molecule has 0 aliphatic carbocycles. The van der Waals surface area contributed by atoms with Gasteiger partial charge in [-0.1, -0.05) is 59.2 Å². The first kappa shape index (κ1) is 25.0. The minimum Gasteiger partial charge on any atom is -0.342 e. The third-order valence-electron chi connectivity index (χ3n) is 5.07. The number of nitrogens with zero attached hydrogens (tertiary/aromatic N) is 3. The molecule has 3 rings (SSSR count). The van der Waals surface area contributed by atoms with Crippen LogP contribution in [0.4, 0.5) is 5.69 Å². The minimum atomic E-state index is -0.308. The highest BCUT2D eigenvalue weighted by molar-refractivity contribution is 9.10. The summed E-state index contributed by atoms with van der Waals surface area (Å²) in [6.07, 6.45) is 0. The SMILES string of the molecule is CCn1c(SCC(=O)Nc2ccc(Br)cc2)nnc1C(NC(=O)c1ccc(C)cc1)C(C)C. The summed E-state index contributed by atoms with van der Waals surface area (Å²) in [5, 5.41) is 15.3. The van der Waals surface area contributed by atoms with Crippen molar-refractivity contribution in [1.82, 2.24) is 20.1 Å². The first-order valence-corrected chi connectivity index (χ1v) is 12.5. The molecule has 0 saturated carbocycles. The van der Waals surface area contributed by atoms with Crippen molar-refractivity contribution in [2.24, 2.45) is 5.92 Å². The molecule has 0 fully saturated rings. The molecule has 1 atom stereocenters. The maximum Gasteiger partial charge on any atom is 0.251 e. The van der Waals surface area contributed by atoms with Gasteiger partial charge in [0, 0.05) is 22.3 Å². The van der Waals surface area contributed by atoms with Gasteiger partial charge < -0.3 is 15.2 Å². The minimum absolute atomic E-state index is 0.104. The lowest BCUT2D eigenvalue weighted by atomic mass is 10.0. The second kappa shape index (κ2) is 11.5. The van der Waals surface area contributed by atoms with Crippen LogP contribution in [0.2, 0.25) is 0 Å². The van der Waals surface area contributed by atoms with Crippen molar-refractivity contribution in [3.8, 4) is 0 Å². The van der Waals surface area contributed by atoms with Gasteiger partial charge in [-0.15, -0.1) is 10.2 Å². The topological polar surface area (TPSA) is 88.9 Å². The van der Waals surface area contributed by atoms with Crippen LogP contribution < -0.4 is 10.6 Å². The molecule has 2 amide bonds. The predicted octanol–water partition coefficient (Wildman–Crippen LogP) is 5.23. The Morgan fingerprint density at radius 3 is 2.33 bits per heavy atom. The Hall–Kier alpha value is -2.65. The number of aromatic nitrogens is 3. The molecule has 2 N–H and O–H groups in total. The maximum absolute atomic E-state index is 12.8. The Labute approximate surface area is 206 Å². The van der Waals surface area contributed by atoms with E-state index in [1.54, 1.807) is 0 Å². The van der Waals surface area contributed by atoms with Gasteiger partial charge in [0.15, 0.2) is 11.0 Å². The van der Waals surface area contributed by atoms with E-state index in [1.165, 1.54) is 11.8 Å². The Morgan fingerprint density at radius 2 is 1.73 bits per heavy atom. The molecule has 33 heavy (non-hydrogen) atoms. The largest absolute Gasteiger partial charge is 0.342 e. The number of anilines is 1. The van der Waals surface area contributed by atoms with Crippen molar-refractivity contribution in [3.63, 3.8) is 0 Å². The van der Waals surface area contributed by atoms with E-state index in [1.807, 2.05) is 80.8 Å². The Kier molecular flexibility index (Phi) is 8.68. The molecule has 2 aromatic carbocycles. The number of hydrogen-bond acceptors (Lipinski definition) is 5. The molecule has 0 spiro atoms. The first-order chi connectivity index (χ1) is 15.8. The fourth-order valence-electron chi connectivity index (χ4n) is 3.25. The lowest BCUT2D eigenvalue weighted by molar-refractivity contribution is -0.113. The molecular weight excluding hydrogens is 502 g/mol. The zero-order valence-electron chi connectivity index (χ0n) is 19.1. The molecular formula is C24H28BrN5O2S. The number of nitrogens with one attached hydrogen (secondary N) is 2. The van der Waals surface area contributed by atoms with Gasteiger partial charge in [-0.3, -0.25) is 9.59 Å². The highest BCUT2D eigenvalue weighted by atomic mass is 79.9. The molecule has 0 aliphatic heterocycles. The van der Waals surface area contributed by atoms with Crippen LogP contribution in [-0.2, 0) is 11.3 Å². The van der Waals surface area contributed by atoms with Crippen LogP contribution >= 0.6 is 27.7 Å². The fraction of sp³-hybridized carbons (Fsp3) is 0.333. The standard InChI is InChI=1S/C24H28BrN5O2S/c1-5-30-22(21(15(2)3)27-23(32)17-8-6-16(4)7-9-17)28-29-24(30)33-14-20(31)26-19-12-10-18(25)11-13-19/h6-13,15,21H,5,14H2,1-4H3,(H,26,31)(H,27,32). The van der Waals surface area contributed by atoms with E-state index in [9.17, 15) is 9.59 Å². The molecule has 7 nitrogen and oxygen atoms in total. The molecule has 0 aliphatic rings. The van der Waals surface area contributed by atoms with E-state index in [-0.39, 0.29) is 29.5 Å². The van der Waals surface area contributed by atoms with Crippen molar-refractivity contribution in [2.45, 2.75) is 45.4 Å². The fourth-order valence-corrected chi connectivity index (χ4v) is 4.33. The lowest BCUT2D eigenvalue weighted by Crippen LogP contribution is -2.33. The second-order valence-electron chi connectivity index (χ2n) is 7.99. The summed E-state index contributed by atoms with van der Waals surface area (Å²) in [7, 11) is 0. The number of hydrogen-bond donors (Lipinski definition) is 2. The van der Waals surface area contributed by atoms with Gasteiger partial charge in [-0.05, 0) is 56.2 Å². The van der Waals surface area contributed by atoms with E-state index in [0.29, 0.717) is 23.1 Å².